The van der Waals surface area contributed by atoms with Crippen molar-refractivity contribution in [3.05, 3.63) is 54.1 Å². The van der Waals surface area contributed by atoms with Gasteiger partial charge in [-0.2, -0.15) is 5.10 Å². The third-order valence-corrected chi connectivity index (χ3v) is 4.04. The summed E-state index contributed by atoms with van der Waals surface area (Å²) in [5.41, 5.74) is 0.877. The SMILES string of the molecule is Fc1ccccc1C1CC(NCCCn2cccn2)C1. The van der Waals surface area contributed by atoms with Gasteiger partial charge in [0.15, 0.2) is 0 Å². The Labute approximate surface area is 118 Å². The molecule has 1 N–H and O–H groups in total. The monoisotopic (exact) mass is 273 g/mol. The van der Waals surface area contributed by atoms with E-state index in [0.29, 0.717) is 12.0 Å². The number of nitrogens with zero attached hydrogens (tertiary/aromatic N) is 2. The van der Waals surface area contributed by atoms with Crippen molar-refractivity contribution in [3.63, 3.8) is 0 Å². The smallest absolute Gasteiger partial charge is 0.126 e. The normalized spacial score (nSPS) is 21.6. The fourth-order valence-corrected chi connectivity index (χ4v) is 2.82. The van der Waals surface area contributed by atoms with E-state index in [0.717, 1.165) is 37.9 Å². The first-order chi connectivity index (χ1) is 9.83. The molecule has 20 heavy (non-hydrogen) atoms. The van der Waals surface area contributed by atoms with Gasteiger partial charge >= 0.3 is 0 Å². The van der Waals surface area contributed by atoms with Crippen LogP contribution in [0.5, 0.6) is 0 Å². The van der Waals surface area contributed by atoms with Crippen LogP contribution in [0.4, 0.5) is 4.39 Å². The number of hydrogen-bond donors (Lipinski definition) is 1. The molecule has 0 spiro atoms. The maximum absolute atomic E-state index is 13.6. The lowest BCUT2D eigenvalue weighted by molar-refractivity contribution is 0.283. The molecule has 0 unspecified atom stereocenters. The van der Waals surface area contributed by atoms with Crippen LogP contribution in [0.1, 0.15) is 30.7 Å². The predicted molar refractivity (Wildman–Crippen MR) is 77.0 cm³/mol. The molecule has 3 rings (SSSR count). The Hall–Kier alpha value is -1.68. The second kappa shape index (κ2) is 6.18. The Morgan fingerprint density at radius 3 is 2.85 bits per heavy atom. The molecule has 1 aromatic heterocycles. The van der Waals surface area contributed by atoms with Crippen LogP contribution in [-0.2, 0) is 6.54 Å². The van der Waals surface area contributed by atoms with Crippen molar-refractivity contribution >= 4 is 0 Å². The molecular formula is C16H20FN3. The molecule has 0 bridgehead atoms. The molecule has 1 heterocycles. The first-order valence-corrected chi connectivity index (χ1v) is 7.28. The molecule has 2 aromatic rings. The molecule has 0 amide bonds. The number of nitrogens with one attached hydrogen (secondary N) is 1. The van der Waals surface area contributed by atoms with Gasteiger partial charge in [-0.05, 0) is 49.4 Å². The third-order valence-electron chi connectivity index (χ3n) is 4.04. The summed E-state index contributed by atoms with van der Waals surface area (Å²) in [7, 11) is 0. The third kappa shape index (κ3) is 3.07. The number of hydrogen-bond acceptors (Lipinski definition) is 2. The van der Waals surface area contributed by atoms with Gasteiger partial charge in [0.25, 0.3) is 0 Å². The number of rotatable bonds is 6. The fourth-order valence-electron chi connectivity index (χ4n) is 2.82. The van der Waals surface area contributed by atoms with E-state index < -0.39 is 0 Å². The van der Waals surface area contributed by atoms with Crippen LogP contribution in [-0.4, -0.2) is 22.4 Å². The lowest BCUT2D eigenvalue weighted by Gasteiger charge is -2.36. The maximum Gasteiger partial charge on any atom is 0.126 e. The van der Waals surface area contributed by atoms with Gasteiger partial charge in [-0.1, -0.05) is 18.2 Å². The molecule has 0 atom stereocenters. The highest BCUT2D eigenvalue weighted by Crippen LogP contribution is 2.37. The van der Waals surface area contributed by atoms with Gasteiger partial charge < -0.3 is 5.32 Å². The van der Waals surface area contributed by atoms with Crippen molar-refractivity contribution in [2.45, 2.75) is 37.8 Å². The van der Waals surface area contributed by atoms with Crippen molar-refractivity contribution in [2.24, 2.45) is 0 Å². The standard InChI is InChI=1S/C16H20FN3/c17-16-6-2-1-5-15(16)13-11-14(12-13)18-7-3-9-20-10-4-8-19-20/h1-2,4-6,8,10,13-14,18H,3,7,9,11-12H2. The van der Waals surface area contributed by atoms with E-state index in [1.54, 1.807) is 18.3 Å². The molecule has 1 fully saturated rings. The van der Waals surface area contributed by atoms with Gasteiger partial charge in [-0.15, -0.1) is 0 Å². The summed E-state index contributed by atoms with van der Waals surface area (Å²) in [5, 5.41) is 7.71. The highest BCUT2D eigenvalue weighted by molar-refractivity contribution is 5.24. The predicted octanol–water partition coefficient (Wildman–Crippen LogP) is 2.95. The summed E-state index contributed by atoms with van der Waals surface area (Å²) in [6.07, 6.45) is 6.95. The first kappa shape index (κ1) is 13.3. The van der Waals surface area contributed by atoms with Crippen molar-refractivity contribution in [1.29, 1.82) is 0 Å². The molecular weight excluding hydrogens is 253 g/mol. The summed E-state index contributed by atoms with van der Waals surface area (Å²) in [4.78, 5) is 0. The Morgan fingerprint density at radius 1 is 1.25 bits per heavy atom. The molecule has 0 saturated heterocycles. The minimum absolute atomic E-state index is 0.0605. The Kier molecular flexibility index (Phi) is 4.11. The second-order valence-corrected chi connectivity index (χ2v) is 5.46. The van der Waals surface area contributed by atoms with Gasteiger partial charge in [-0.3, -0.25) is 4.68 Å². The highest BCUT2D eigenvalue weighted by Gasteiger charge is 2.31. The van der Waals surface area contributed by atoms with Gasteiger partial charge in [0.2, 0.25) is 0 Å². The van der Waals surface area contributed by atoms with Gasteiger partial charge in [0.1, 0.15) is 5.82 Å². The Morgan fingerprint density at radius 2 is 2.10 bits per heavy atom. The topological polar surface area (TPSA) is 29.9 Å². The van der Waals surface area contributed by atoms with Crippen LogP contribution in [0.2, 0.25) is 0 Å². The van der Waals surface area contributed by atoms with Crippen LogP contribution >= 0.6 is 0 Å². The molecule has 0 radical (unpaired) electrons. The van der Waals surface area contributed by atoms with E-state index in [1.807, 2.05) is 29.1 Å². The van der Waals surface area contributed by atoms with E-state index in [-0.39, 0.29) is 5.82 Å². The number of halogens is 1. The molecule has 1 aromatic carbocycles. The van der Waals surface area contributed by atoms with Crippen molar-refractivity contribution in [3.8, 4) is 0 Å². The van der Waals surface area contributed by atoms with E-state index in [1.165, 1.54) is 0 Å². The summed E-state index contributed by atoms with van der Waals surface area (Å²) in [5.74, 6) is 0.328. The Balaban J connectivity index is 1.35. The van der Waals surface area contributed by atoms with E-state index in [2.05, 4.69) is 10.4 Å². The van der Waals surface area contributed by atoms with Gasteiger partial charge in [0.05, 0.1) is 0 Å². The van der Waals surface area contributed by atoms with E-state index in [4.69, 9.17) is 0 Å². The summed E-state index contributed by atoms with van der Waals surface area (Å²) >= 11 is 0. The molecule has 4 heteroatoms. The molecule has 1 aliphatic rings. The molecule has 1 aliphatic carbocycles. The van der Waals surface area contributed by atoms with Gasteiger partial charge in [-0.25, -0.2) is 4.39 Å². The first-order valence-electron chi connectivity index (χ1n) is 7.28. The number of benzene rings is 1. The summed E-state index contributed by atoms with van der Waals surface area (Å²) in [6, 6.07) is 9.62. The van der Waals surface area contributed by atoms with Crippen molar-refractivity contribution in [2.75, 3.05) is 6.54 Å². The minimum atomic E-state index is -0.0605. The molecule has 1 saturated carbocycles. The lowest BCUT2D eigenvalue weighted by Crippen LogP contribution is -2.40. The van der Waals surface area contributed by atoms with E-state index >= 15 is 0 Å². The van der Waals surface area contributed by atoms with Crippen LogP contribution in [0.3, 0.4) is 0 Å². The quantitative estimate of drug-likeness (QED) is 0.820. The summed E-state index contributed by atoms with van der Waals surface area (Å²) < 4.78 is 15.6. The lowest BCUT2D eigenvalue weighted by atomic mass is 9.75. The second-order valence-electron chi connectivity index (χ2n) is 5.46. The van der Waals surface area contributed by atoms with Crippen LogP contribution in [0.25, 0.3) is 0 Å². The highest BCUT2D eigenvalue weighted by atomic mass is 19.1. The zero-order valence-electron chi connectivity index (χ0n) is 11.5. The minimum Gasteiger partial charge on any atom is -0.314 e. The zero-order valence-corrected chi connectivity index (χ0v) is 11.5. The van der Waals surface area contributed by atoms with Gasteiger partial charge in [0, 0.05) is 25.0 Å². The zero-order chi connectivity index (χ0) is 13.8. The van der Waals surface area contributed by atoms with Crippen molar-refractivity contribution in [1.82, 2.24) is 15.1 Å². The molecule has 3 nitrogen and oxygen atoms in total. The van der Waals surface area contributed by atoms with Crippen LogP contribution < -0.4 is 5.32 Å². The van der Waals surface area contributed by atoms with Crippen LogP contribution in [0, 0.1) is 5.82 Å². The molecule has 106 valence electrons. The largest absolute Gasteiger partial charge is 0.314 e. The van der Waals surface area contributed by atoms with Crippen LogP contribution in [0.15, 0.2) is 42.7 Å². The average Bonchev–Trinajstić information content (AvgIpc) is 2.91. The fraction of sp³-hybridized carbons (Fsp3) is 0.438. The molecule has 0 aliphatic heterocycles. The maximum atomic E-state index is 13.6. The number of aromatic nitrogens is 2. The average molecular weight is 273 g/mol. The Bertz CT molecular complexity index is 532. The number of aryl methyl sites for hydroxylation is 1. The summed E-state index contributed by atoms with van der Waals surface area (Å²) in [6.45, 7) is 1.94. The van der Waals surface area contributed by atoms with E-state index in [9.17, 15) is 4.39 Å². The van der Waals surface area contributed by atoms with Crippen molar-refractivity contribution < 1.29 is 4.39 Å².